The van der Waals surface area contributed by atoms with Gasteiger partial charge in [0.05, 0.1) is 21.7 Å². The van der Waals surface area contributed by atoms with Crippen LogP contribution in [0.4, 0.5) is 5.69 Å². The monoisotopic (exact) mass is 432 g/mol. The Bertz CT molecular complexity index is 1400. The third-order valence-electron chi connectivity index (χ3n) is 4.91. The van der Waals surface area contributed by atoms with Crippen LogP contribution >= 0.6 is 0 Å². The van der Waals surface area contributed by atoms with Gasteiger partial charge in [-0.1, -0.05) is 11.6 Å². The number of carbonyl (C=O) groups is 1. The summed E-state index contributed by atoms with van der Waals surface area (Å²) >= 11 is 0. The normalized spacial score (nSPS) is 11.5. The molecule has 0 fully saturated rings. The summed E-state index contributed by atoms with van der Waals surface area (Å²) < 4.78 is 22.9. The van der Waals surface area contributed by atoms with Crippen molar-refractivity contribution >= 4 is 32.5 Å². The Hall–Kier alpha value is -3.62. The lowest BCUT2D eigenvalue weighted by Gasteiger charge is -2.13. The molecule has 0 radical (unpaired) electrons. The van der Waals surface area contributed by atoms with Crippen molar-refractivity contribution in [3.05, 3.63) is 83.7 Å². The van der Waals surface area contributed by atoms with E-state index in [1.165, 1.54) is 24.3 Å². The van der Waals surface area contributed by atoms with Crippen molar-refractivity contribution in [1.29, 1.82) is 0 Å². The van der Waals surface area contributed by atoms with E-state index in [9.17, 15) is 13.2 Å². The molecular weight excluding hydrogens is 412 g/mol. The van der Waals surface area contributed by atoms with E-state index in [1.54, 1.807) is 18.5 Å². The summed E-state index contributed by atoms with van der Waals surface area (Å²) in [5.74, 6) is -0.323. The van der Waals surface area contributed by atoms with Crippen molar-refractivity contribution in [2.45, 2.75) is 18.7 Å². The molecule has 0 spiro atoms. The third-order valence-corrected chi connectivity index (χ3v) is 5.84. The highest BCUT2D eigenvalue weighted by Crippen LogP contribution is 2.28. The summed E-state index contributed by atoms with van der Waals surface area (Å²) in [5.41, 5.74) is 5.18. The Morgan fingerprint density at radius 2 is 1.65 bits per heavy atom. The molecule has 3 N–H and O–H groups in total. The Kier molecular flexibility index (Phi) is 5.26. The second kappa shape index (κ2) is 7.90. The number of rotatable bonds is 4. The van der Waals surface area contributed by atoms with Crippen molar-refractivity contribution in [2.75, 3.05) is 5.32 Å². The fourth-order valence-corrected chi connectivity index (χ4v) is 3.98. The number of hydrogen-bond acceptors (Lipinski definition) is 5. The maximum atomic E-state index is 13.2. The molecule has 31 heavy (non-hydrogen) atoms. The molecule has 4 rings (SSSR count). The molecule has 4 aromatic rings. The molecule has 0 aliphatic rings. The van der Waals surface area contributed by atoms with Crippen molar-refractivity contribution < 1.29 is 13.2 Å². The summed E-state index contributed by atoms with van der Waals surface area (Å²) in [6.45, 7) is 3.93. The number of amides is 1. The SMILES string of the molecule is Cc1cc(C)c2nc(-c3ccncc3)cc(C(=O)Nc3ccc(S(N)(=O)=O)cc3)c2c1. The summed E-state index contributed by atoms with van der Waals surface area (Å²) in [4.78, 5) is 22.0. The molecule has 0 aliphatic heterocycles. The summed E-state index contributed by atoms with van der Waals surface area (Å²) in [6, 6.07) is 15.1. The second-order valence-corrected chi connectivity index (χ2v) is 8.85. The van der Waals surface area contributed by atoms with Crippen LogP contribution in [-0.2, 0) is 10.0 Å². The van der Waals surface area contributed by atoms with Crippen LogP contribution in [0.5, 0.6) is 0 Å². The van der Waals surface area contributed by atoms with E-state index in [-0.39, 0.29) is 10.8 Å². The molecule has 0 aliphatic carbocycles. The van der Waals surface area contributed by atoms with Crippen LogP contribution < -0.4 is 10.5 Å². The number of anilines is 1. The standard InChI is InChI=1S/C23H20N4O3S/c1-14-11-15(2)22-19(12-14)20(13-21(27-22)16-7-9-25-10-8-16)23(28)26-17-3-5-18(6-4-17)31(24,29)30/h3-13H,1-2H3,(H,26,28)(H2,24,29,30). The van der Waals surface area contributed by atoms with Crippen LogP contribution in [0.1, 0.15) is 21.5 Å². The van der Waals surface area contributed by atoms with E-state index in [0.29, 0.717) is 16.9 Å². The minimum absolute atomic E-state index is 0.0221. The molecule has 8 heteroatoms. The number of nitrogens with zero attached hydrogens (tertiary/aromatic N) is 2. The van der Waals surface area contributed by atoms with E-state index < -0.39 is 10.0 Å². The summed E-state index contributed by atoms with van der Waals surface area (Å²) in [7, 11) is -3.80. The van der Waals surface area contributed by atoms with Crippen LogP contribution in [-0.4, -0.2) is 24.3 Å². The van der Waals surface area contributed by atoms with E-state index in [4.69, 9.17) is 10.1 Å². The number of sulfonamides is 1. The number of carbonyl (C=O) groups excluding carboxylic acids is 1. The predicted molar refractivity (Wildman–Crippen MR) is 120 cm³/mol. The van der Waals surface area contributed by atoms with Gasteiger partial charge in [-0.15, -0.1) is 0 Å². The highest BCUT2D eigenvalue weighted by atomic mass is 32.2. The Morgan fingerprint density at radius 1 is 0.968 bits per heavy atom. The van der Waals surface area contributed by atoms with Gasteiger partial charge in [0.1, 0.15) is 0 Å². The molecule has 2 aromatic carbocycles. The highest BCUT2D eigenvalue weighted by molar-refractivity contribution is 7.89. The van der Waals surface area contributed by atoms with Gasteiger partial charge in [-0.25, -0.2) is 18.5 Å². The van der Waals surface area contributed by atoms with Gasteiger partial charge < -0.3 is 5.32 Å². The van der Waals surface area contributed by atoms with Gasteiger partial charge in [0.15, 0.2) is 0 Å². The molecule has 2 heterocycles. The zero-order valence-electron chi connectivity index (χ0n) is 17.0. The van der Waals surface area contributed by atoms with Crippen molar-refractivity contribution in [3.8, 4) is 11.3 Å². The Labute approximate surface area is 180 Å². The van der Waals surface area contributed by atoms with Gasteiger partial charge in [-0.05, 0) is 67.9 Å². The van der Waals surface area contributed by atoms with Gasteiger partial charge in [-0.3, -0.25) is 9.78 Å². The average Bonchev–Trinajstić information content (AvgIpc) is 2.73. The first-order chi connectivity index (χ1) is 14.7. The Morgan fingerprint density at radius 3 is 2.29 bits per heavy atom. The molecule has 0 saturated carbocycles. The lowest BCUT2D eigenvalue weighted by Crippen LogP contribution is -2.14. The fraction of sp³-hybridized carbons (Fsp3) is 0.0870. The van der Waals surface area contributed by atoms with E-state index in [1.807, 2.05) is 38.1 Å². The largest absolute Gasteiger partial charge is 0.322 e. The van der Waals surface area contributed by atoms with Crippen molar-refractivity contribution in [3.63, 3.8) is 0 Å². The number of pyridine rings is 2. The van der Waals surface area contributed by atoms with Crippen molar-refractivity contribution in [2.24, 2.45) is 5.14 Å². The zero-order chi connectivity index (χ0) is 22.2. The maximum absolute atomic E-state index is 13.2. The number of aryl methyl sites for hydroxylation is 2. The first kappa shape index (κ1) is 20.6. The first-order valence-corrected chi connectivity index (χ1v) is 11.0. The molecule has 1 amide bonds. The topological polar surface area (TPSA) is 115 Å². The van der Waals surface area contributed by atoms with Crippen LogP contribution in [0.15, 0.2) is 71.9 Å². The number of primary sulfonamides is 1. The zero-order valence-corrected chi connectivity index (χ0v) is 17.8. The first-order valence-electron chi connectivity index (χ1n) is 9.49. The summed E-state index contributed by atoms with van der Waals surface area (Å²) in [6.07, 6.45) is 3.35. The predicted octanol–water partition coefficient (Wildman–Crippen LogP) is 3.81. The van der Waals surface area contributed by atoms with E-state index in [2.05, 4.69) is 10.3 Å². The second-order valence-electron chi connectivity index (χ2n) is 7.29. The van der Waals surface area contributed by atoms with Gasteiger partial charge in [0, 0.05) is 29.0 Å². The average molecular weight is 433 g/mol. The number of fused-ring (bicyclic) bond motifs is 1. The lowest BCUT2D eigenvalue weighted by molar-refractivity contribution is 0.102. The molecule has 0 saturated heterocycles. The number of hydrogen-bond donors (Lipinski definition) is 2. The molecule has 0 unspecified atom stereocenters. The number of nitrogens with two attached hydrogens (primary N) is 1. The number of benzene rings is 2. The van der Waals surface area contributed by atoms with Crippen LogP contribution in [0.3, 0.4) is 0 Å². The summed E-state index contributed by atoms with van der Waals surface area (Å²) in [5, 5.41) is 8.71. The number of aromatic nitrogens is 2. The van der Waals surface area contributed by atoms with Gasteiger partial charge >= 0.3 is 0 Å². The van der Waals surface area contributed by atoms with Crippen molar-refractivity contribution in [1.82, 2.24) is 9.97 Å². The lowest BCUT2D eigenvalue weighted by atomic mass is 9.99. The smallest absolute Gasteiger partial charge is 0.256 e. The maximum Gasteiger partial charge on any atom is 0.256 e. The van der Waals surface area contributed by atoms with E-state index >= 15 is 0 Å². The molecule has 7 nitrogen and oxygen atoms in total. The minimum atomic E-state index is -3.80. The molecule has 2 aromatic heterocycles. The van der Waals surface area contributed by atoms with Gasteiger partial charge in [0.2, 0.25) is 10.0 Å². The van der Waals surface area contributed by atoms with Crippen LogP contribution in [0.25, 0.3) is 22.2 Å². The third kappa shape index (κ3) is 4.30. The molecule has 0 atom stereocenters. The van der Waals surface area contributed by atoms with Crippen LogP contribution in [0, 0.1) is 13.8 Å². The quantitative estimate of drug-likeness (QED) is 0.509. The number of nitrogens with one attached hydrogen (secondary N) is 1. The fourth-order valence-electron chi connectivity index (χ4n) is 3.47. The van der Waals surface area contributed by atoms with Gasteiger partial charge in [-0.2, -0.15) is 0 Å². The van der Waals surface area contributed by atoms with Gasteiger partial charge in [0.25, 0.3) is 5.91 Å². The molecule has 156 valence electrons. The highest BCUT2D eigenvalue weighted by Gasteiger charge is 2.16. The van der Waals surface area contributed by atoms with Crippen LogP contribution in [0.2, 0.25) is 0 Å². The Balaban J connectivity index is 1.80. The molecule has 0 bridgehead atoms. The van der Waals surface area contributed by atoms with E-state index in [0.717, 1.165) is 27.6 Å². The minimum Gasteiger partial charge on any atom is -0.322 e. The molecular formula is C23H20N4O3S.